The molecule has 2 aromatic carbocycles. The van der Waals surface area contributed by atoms with E-state index in [9.17, 15) is 18.0 Å². The number of sulfonamides is 1. The van der Waals surface area contributed by atoms with Crippen molar-refractivity contribution in [1.29, 1.82) is 0 Å². The minimum Gasteiger partial charge on any atom is -0.492 e. The Hall–Kier alpha value is -4.02. The lowest BCUT2D eigenvalue weighted by atomic mass is 9.92. The second-order valence-electron chi connectivity index (χ2n) is 9.44. The summed E-state index contributed by atoms with van der Waals surface area (Å²) in [6.07, 6.45) is 6.21. The van der Waals surface area contributed by atoms with E-state index in [1.165, 1.54) is 10.6 Å². The van der Waals surface area contributed by atoms with Gasteiger partial charge in [0.2, 0.25) is 10.0 Å². The Balaban J connectivity index is 1.70. The van der Waals surface area contributed by atoms with Crippen LogP contribution < -0.4 is 9.46 Å². The number of amides is 1. The van der Waals surface area contributed by atoms with Crippen molar-refractivity contribution in [3.63, 3.8) is 0 Å². The molecule has 2 aliphatic rings. The molecule has 1 amide bonds. The van der Waals surface area contributed by atoms with Gasteiger partial charge in [0.25, 0.3) is 5.91 Å². The van der Waals surface area contributed by atoms with Crippen LogP contribution >= 0.6 is 11.6 Å². The lowest BCUT2D eigenvalue weighted by Crippen LogP contribution is -2.32. The van der Waals surface area contributed by atoms with Crippen molar-refractivity contribution in [2.75, 3.05) is 12.9 Å². The zero-order valence-corrected chi connectivity index (χ0v) is 22.2. The van der Waals surface area contributed by atoms with Crippen LogP contribution in [-0.4, -0.2) is 42.5 Å². The third kappa shape index (κ3) is 4.39. The Morgan fingerprint density at radius 2 is 2.05 bits per heavy atom. The van der Waals surface area contributed by atoms with Crippen LogP contribution in [0.3, 0.4) is 0 Å². The zero-order chi connectivity index (χ0) is 27.5. The van der Waals surface area contributed by atoms with Crippen molar-refractivity contribution >= 4 is 60.7 Å². The number of fused-ring (bicyclic) bond motifs is 4. The number of benzene rings is 2. The molecule has 1 N–H and O–H groups in total. The highest BCUT2D eigenvalue weighted by atomic mass is 35.5. The number of para-hydroxylation sites is 1. The third-order valence-corrected chi connectivity index (χ3v) is 7.68. The van der Waals surface area contributed by atoms with Gasteiger partial charge >= 0.3 is 0 Å². The van der Waals surface area contributed by atoms with Gasteiger partial charge in [0.05, 0.1) is 35.8 Å². The molecule has 198 valence electrons. The molecule has 0 saturated heterocycles. The molecule has 0 radical (unpaired) electrons. The maximum atomic E-state index is 15.3. The molecule has 39 heavy (non-hydrogen) atoms. The van der Waals surface area contributed by atoms with E-state index in [0.29, 0.717) is 28.5 Å². The lowest BCUT2D eigenvalue weighted by molar-refractivity contribution is -0.113. The standard InChI is InChI=1S/C28H21ClFN3O5S/c1-39(36,37)32-28(35)25-23(18-7-3-5-9-22(18)34)24-21(13-19(30)17-10-11-38-26(17)24)33(25)14-16-12-15-6-2-4-8-20(15)31-27(16)29/h2-8,12-13H,9-11,14H2,1H3,(H,32,35). The number of halogens is 2. The van der Waals surface area contributed by atoms with E-state index in [-0.39, 0.29) is 58.6 Å². The van der Waals surface area contributed by atoms with Crippen LogP contribution in [-0.2, 0) is 27.8 Å². The van der Waals surface area contributed by atoms with Gasteiger partial charge in [-0.2, -0.15) is 0 Å². The highest BCUT2D eigenvalue weighted by Gasteiger charge is 2.34. The number of hydrogen-bond acceptors (Lipinski definition) is 6. The van der Waals surface area contributed by atoms with Crippen LogP contribution in [0.4, 0.5) is 4.39 Å². The SMILES string of the molecule is CS(=O)(=O)NC(=O)c1c(C2=CC=CCC2=O)c2c3c(c(F)cc2n1Cc1cc2ccccc2nc1Cl)CCO3. The largest absolute Gasteiger partial charge is 0.492 e. The highest BCUT2D eigenvalue weighted by Crippen LogP contribution is 2.44. The van der Waals surface area contributed by atoms with Crippen molar-refractivity contribution in [2.45, 2.75) is 19.4 Å². The predicted molar refractivity (Wildman–Crippen MR) is 146 cm³/mol. The second-order valence-corrected chi connectivity index (χ2v) is 11.5. The van der Waals surface area contributed by atoms with E-state index >= 15 is 4.39 Å². The molecule has 4 aromatic rings. The predicted octanol–water partition coefficient (Wildman–Crippen LogP) is 4.57. The molecule has 11 heteroatoms. The van der Waals surface area contributed by atoms with Gasteiger partial charge in [-0.05, 0) is 18.2 Å². The molecule has 0 bridgehead atoms. The number of carbonyl (C=O) groups is 2. The normalized spacial score (nSPS) is 14.9. The maximum Gasteiger partial charge on any atom is 0.282 e. The number of Topliss-reactive ketones (excluding diaryl/α,β-unsaturated/α-hetero) is 1. The van der Waals surface area contributed by atoms with Crippen LogP contribution in [0, 0.1) is 5.82 Å². The third-order valence-electron chi connectivity index (χ3n) is 6.80. The summed E-state index contributed by atoms with van der Waals surface area (Å²) >= 11 is 6.55. The highest BCUT2D eigenvalue weighted by molar-refractivity contribution is 7.89. The topological polar surface area (TPSA) is 107 Å². The summed E-state index contributed by atoms with van der Waals surface area (Å²) < 4.78 is 49.0. The summed E-state index contributed by atoms with van der Waals surface area (Å²) in [5.41, 5.74) is 2.03. The number of carbonyl (C=O) groups excluding carboxylic acids is 2. The van der Waals surface area contributed by atoms with Crippen molar-refractivity contribution in [3.05, 3.63) is 88.0 Å². The monoisotopic (exact) mass is 565 g/mol. The smallest absolute Gasteiger partial charge is 0.282 e. The molecule has 1 aliphatic carbocycles. The van der Waals surface area contributed by atoms with Gasteiger partial charge in [-0.25, -0.2) is 22.5 Å². The van der Waals surface area contributed by atoms with Crippen molar-refractivity contribution in [2.24, 2.45) is 0 Å². The van der Waals surface area contributed by atoms with Crippen LogP contribution in [0.5, 0.6) is 5.75 Å². The summed E-state index contributed by atoms with van der Waals surface area (Å²) in [6.45, 7) is 0.170. The summed E-state index contributed by atoms with van der Waals surface area (Å²) in [5, 5.41) is 1.32. The minimum atomic E-state index is -3.99. The van der Waals surface area contributed by atoms with Crippen molar-refractivity contribution in [1.82, 2.24) is 14.3 Å². The zero-order valence-electron chi connectivity index (χ0n) is 20.6. The van der Waals surface area contributed by atoms with E-state index < -0.39 is 21.7 Å². The fourth-order valence-electron chi connectivity index (χ4n) is 5.19. The van der Waals surface area contributed by atoms with Crippen molar-refractivity contribution < 1.29 is 27.1 Å². The number of ketones is 1. The Kier molecular flexibility index (Phi) is 6.04. The Morgan fingerprint density at radius 3 is 2.82 bits per heavy atom. The van der Waals surface area contributed by atoms with Crippen LogP contribution in [0.1, 0.15) is 33.6 Å². The first-order valence-corrected chi connectivity index (χ1v) is 14.4. The van der Waals surface area contributed by atoms with Gasteiger partial charge in [-0.3, -0.25) is 9.59 Å². The van der Waals surface area contributed by atoms with E-state index in [1.54, 1.807) is 18.2 Å². The van der Waals surface area contributed by atoms with Gasteiger partial charge in [-0.15, -0.1) is 0 Å². The van der Waals surface area contributed by atoms with E-state index in [4.69, 9.17) is 16.3 Å². The average Bonchev–Trinajstić information content (AvgIpc) is 3.48. The molecule has 0 fully saturated rings. The maximum absolute atomic E-state index is 15.3. The summed E-state index contributed by atoms with van der Waals surface area (Å²) in [4.78, 5) is 31.2. The first-order chi connectivity index (χ1) is 18.6. The molecule has 3 heterocycles. The molecule has 0 spiro atoms. The summed E-state index contributed by atoms with van der Waals surface area (Å²) in [6, 6.07) is 10.4. The van der Waals surface area contributed by atoms with Gasteiger partial charge in [-0.1, -0.05) is 48.0 Å². The fraction of sp³-hybridized carbons (Fsp3) is 0.179. The van der Waals surface area contributed by atoms with Crippen LogP contribution in [0.15, 0.2) is 54.6 Å². The molecular formula is C28H21ClFN3O5S. The number of allylic oxidation sites excluding steroid dienone is 4. The average molecular weight is 566 g/mol. The number of nitrogens with one attached hydrogen (secondary N) is 1. The van der Waals surface area contributed by atoms with Gasteiger partial charge in [0, 0.05) is 40.5 Å². The number of pyridine rings is 1. The number of rotatable bonds is 5. The molecule has 2 aromatic heterocycles. The first-order valence-electron chi connectivity index (χ1n) is 12.1. The fourth-order valence-corrected chi connectivity index (χ4v) is 5.83. The van der Waals surface area contributed by atoms with E-state index in [1.807, 2.05) is 35.1 Å². The van der Waals surface area contributed by atoms with E-state index in [0.717, 1.165) is 11.6 Å². The first kappa shape index (κ1) is 25.3. The van der Waals surface area contributed by atoms with Gasteiger partial charge < -0.3 is 9.30 Å². The molecular weight excluding hydrogens is 545 g/mol. The van der Waals surface area contributed by atoms with Gasteiger partial charge in [0.1, 0.15) is 22.4 Å². The molecule has 0 atom stereocenters. The summed E-state index contributed by atoms with van der Waals surface area (Å²) in [7, 11) is -3.99. The quantitative estimate of drug-likeness (QED) is 0.355. The van der Waals surface area contributed by atoms with Crippen LogP contribution in [0.2, 0.25) is 5.15 Å². The van der Waals surface area contributed by atoms with Crippen LogP contribution in [0.25, 0.3) is 27.4 Å². The summed E-state index contributed by atoms with van der Waals surface area (Å²) in [5.74, 6) is -1.53. The molecule has 1 aliphatic heterocycles. The Morgan fingerprint density at radius 1 is 1.26 bits per heavy atom. The van der Waals surface area contributed by atoms with Gasteiger partial charge in [0.15, 0.2) is 5.78 Å². The number of ether oxygens (including phenoxy) is 1. The molecule has 0 saturated carbocycles. The lowest BCUT2D eigenvalue weighted by Gasteiger charge is -2.15. The second kappa shape index (κ2) is 9.32. The van der Waals surface area contributed by atoms with Crippen molar-refractivity contribution in [3.8, 4) is 5.75 Å². The Bertz CT molecular complexity index is 1910. The number of nitrogens with zero attached hydrogens (tertiary/aromatic N) is 2. The molecule has 6 rings (SSSR count). The molecule has 8 nitrogen and oxygen atoms in total. The minimum absolute atomic E-state index is 0.0603. The molecule has 0 unspecified atom stereocenters. The number of hydrogen-bond donors (Lipinski definition) is 1. The van der Waals surface area contributed by atoms with E-state index in [2.05, 4.69) is 4.98 Å². The number of aromatic nitrogens is 2. The Labute approximate surface area is 227 Å².